The molecule has 2 unspecified atom stereocenters. The van der Waals surface area contributed by atoms with E-state index in [9.17, 15) is 0 Å². The summed E-state index contributed by atoms with van der Waals surface area (Å²) in [7, 11) is 0. The van der Waals surface area contributed by atoms with Crippen LogP contribution in [0.1, 0.15) is 46.5 Å². The molecule has 0 bridgehead atoms. The lowest BCUT2D eigenvalue weighted by Gasteiger charge is -2.41. The van der Waals surface area contributed by atoms with Crippen molar-refractivity contribution in [2.24, 2.45) is 11.3 Å². The molecule has 1 nitrogen and oxygen atoms in total. The second-order valence-corrected chi connectivity index (χ2v) is 8.00. The van der Waals surface area contributed by atoms with Crippen molar-refractivity contribution in [2.45, 2.75) is 52.5 Å². The quantitative estimate of drug-likeness (QED) is 0.637. The van der Waals surface area contributed by atoms with E-state index in [0.717, 1.165) is 12.1 Å². The van der Waals surface area contributed by atoms with Crippen LogP contribution < -0.4 is 5.32 Å². The van der Waals surface area contributed by atoms with E-state index >= 15 is 0 Å². The second-order valence-electron chi connectivity index (χ2n) is 6.75. The van der Waals surface area contributed by atoms with E-state index in [2.05, 4.69) is 26.1 Å². The lowest BCUT2D eigenvalue weighted by molar-refractivity contribution is 0.163. The second kappa shape index (κ2) is 6.34. The van der Waals surface area contributed by atoms with Crippen molar-refractivity contribution in [3.8, 4) is 0 Å². The number of nitrogens with one attached hydrogen (secondary N) is 1. The average molecular weight is 335 g/mol. The summed E-state index contributed by atoms with van der Waals surface area (Å²) < 4.78 is 0. The molecule has 1 aromatic carbocycles. The predicted molar refractivity (Wildman–Crippen MR) is 90.3 cm³/mol. The molecule has 1 fully saturated rings. The minimum atomic E-state index is 0.281. The van der Waals surface area contributed by atoms with Crippen molar-refractivity contribution in [3.05, 3.63) is 27.2 Å². The fraction of sp³-hybridized carbons (Fsp3) is 0.625. The van der Waals surface area contributed by atoms with Crippen LogP contribution >= 0.6 is 34.8 Å². The topological polar surface area (TPSA) is 12.0 Å². The zero-order valence-electron chi connectivity index (χ0n) is 12.3. The Labute approximate surface area is 137 Å². The summed E-state index contributed by atoms with van der Waals surface area (Å²) in [5.74, 6) is 0.624. The van der Waals surface area contributed by atoms with Gasteiger partial charge in [0.05, 0.1) is 15.7 Å². The van der Waals surface area contributed by atoms with Crippen molar-refractivity contribution < 1.29 is 0 Å². The van der Waals surface area contributed by atoms with Crippen LogP contribution in [0.2, 0.25) is 15.1 Å². The van der Waals surface area contributed by atoms with Crippen molar-refractivity contribution in [1.82, 2.24) is 0 Å². The van der Waals surface area contributed by atoms with Crippen LogP contribution in [0.25, 0.3) is 0 Å². The SMILES string of the molecule is CC(C)(C)C1CCCCC1Nc1c(Cl)cc(Cl)cc1Cl. The van der Waals surface area contributed by atoms with Gasteiger partial charge < -0.3 is 5.32 Å². The monoisotopic (exact) mass is 333 g/mol. The highest BCUT2D eigenvalue weighted by Gasteiger charge is 2.34. The summed E-state index contributed by atoms with van der Waals surface area (Å²) in [5, 5.41) is 5.35. The van der Waals surface area contributed by atoms with Gasteiger partial charge in [0.2, 0.25) is 0 Å². The van der Waals surface area contributed by atoms with Crippen LogP contribution in [0.15, 0.2) is 12.1 Å². The van der Waals surface area contributed by atoms with E-state index < -0.39 is 0 Å². The molecule has 1 aliphatic rings. The van der Waals surface area contributed by atoms with Crippen LogP contribution in [0.4, 0.5) is 5.69 Å². The first kappa shape index (κ1) is 16.3. The highest BCUT2D eigenvalue weighted by molar-refractivity contribution is 6.41. The molecular weight excluding hydrogens is 313 g/mol. The maximum atomic E-state index is 6.28. The van der Waals surface area contributed by atoms with Crippen molar-refractivity contribution in [3.63, 3.8) is 0 Å². The van der Waals surface area contributed by atoms with Crippen LogP contribution in [0.3, 0.4) is 0 Å². The zero-order chi connectivity index (χ0) is 14.9. The molecule has 1 aliphatic carbocycles. The Hall–Kier alpha value is -0.110. The summed E-state index contributed by atoms with van der Waals surface area (Å²) >= 11 is 18.5. The van der Waals surface area contributed by atoms with E-state index in [1.165, 1.54) is 19.3 Å². The molecule has 1 saturated carbocycles. The molecule has 0 aliphatic heterocycles. The van der Waals surface area contributed by atoms with Gasteiger partial charge in [-0.25, -0.2) is 0 Å². The highest BCUT2D eigenvalue weighted by atomic mass is 35.5. The molecule has 112 valence electrons. The number of hydrogen-bond donors (Lipinski definition) is 1. The molecule has 0 heterocycles. The van der Waals surface area contributed by atoms with Gasteiger partial charge in [-0.05, 0) is 36.3 Å². The van der Waals surface area contributed by atoms with Gasteiger partial charge in [0.25, 0.3) is 0 Å². The third kappa shape index (κ3) is 3.75. The van der Waals surface area contributed by atoms with E-state index in [1.807, 2.05) is 0 Å². The maximum Gasteiger partial charge on any atom is 0.0722 e. The largest absolute Gasteiger partial charge is 0.380 e. The molecule has 0 amide bonds. The lowest BCUT2D eigenvalue weighted by atomic mass is 9.69. The first-order chi connectivity index (χ1) is 9.29. The minimum absolute atomic E-state index is 0.281. The number of halogens is 3. The van der Waals surface area contributed by atoms with E-state index in [0.29, 0.717) is 27.0 Å². The van der Waals surface area contributed by atoms with Crippen molar-refractivity contribution in [1.29, 1.82) is 0 Å². The standard InChI is InChI=1S/C16H22Cl3N/c1-16(2,3)11-6-4-5-7-14(11)20-15-12(18)8-10(17)9-13(15)19/h8-9,11,14,20H,4-7H2,1-3H3. The Morgan fingerprint density at radius 2 is 1.55 bits per heavy atom. The van der Waals surface area contributed by atoms with Gasteiger partial charge in [0.15, 0.2) is 0 Å². The molecule has 2 atom stereocenters. The third-order valence-corrected chi connectivity index (χ3v) is 5.03. The summed E-state index contributed by atoms with van der Waals surface area (Å²) in [6.45, 7) is 6.92. The maximum absolute atomic E-state index is 6.28. The zero-order valence-corrected chi connectivity index (χ0v) is 14.5. The van der Waals surface area contributed by atoms with Crippen LogP contribution in [0, 0.1) is 11.3 Å². The number of anilines is 1. The molecule has 0 radical (unpaired) electrons. The van der Waals surface area contributed by atoms with Gasteiger partial charge in [-0.1, -0.05) is 68.4 Å². The van der Waals surface area contributed by atoms with Crippen molar-refractivity contribution >= 4 is 40.5 Å². The molecule has 2 rings (SSSR count). The number of rotatable bonds is 2. The first-order valence-electron chi connectivity index (χ1n) is 7.20. The average Bonchev–Trinajstić information content (AvgIpc) is 2.33. The predicted octanol–water partition coefficient (Wildman–Crippen LogP) is 6.66. The van der Waals surface area contributed by atoms with E-state index in [1.54, 1.807) is 12.1 Å². The highest BCUT2D eigenvalue weighted by Crippen LogP contribution is 2.42. The van der Waals surface area contributed by atoms with Crippen LogP contribution in [-0.4, -0.2) is 6.04 Å². The Morgan fingerprint density at radius 3 is 2.10 bits per heavy atom. The van der Waals surface area contributed by atoms with Gasteiger partial charge >= 0.3 is 0 Å². The lowest BCUT2D eigenvalue weighted by Crippen LogP contribution is -2.39. The van der Waals surface area contributed by atoms with Gasteiger partial charge in [-0.2, -0.15) is 0 Å². The molecule has 0 aromatic heterocycles. The smallest absolute Gasteiger partial charge is 0.0722 e. The van der Waals surface area contributed by atoms with Gasteiger partial charge in [0.1, 0.15) is 0 Å². The summed E-state index contributed by atoms with van der Waals surface area (Å²) in [5.41, 5.74) is 1.10. The summed E-state index contributed by atoms with van der Waals surface area (Å²) in [6, 6.07) is 3.90. The van der Waals surface area contributed by atoms with Crippen molar-refractivity contribution in [2.75, 3.05) is 5.32 Å². The van der Waals surface area contributed by atoms with E-state index in [4.69, 9.17) is 34.8 Å². The number of hydrogen-bond acceptors (Lipinski definition) is 1. The van der Waals surface area contributed by atoms with E-state index in [-0.39, 0.29) is 5.41 Å². The first-order valence-corrected chi connectivity index (χ1v) is 8.33. The summed E-state index contributed by atoms with van der Waals surface area (Å²) in [6.07, 6.45) is 4.98. The molecule has 20 heavy (non-hydrogen) atoms. The number of benzene rings is 1. The van der Waals surface area contributed by atoms with Gasteiger partial charge in [-0.3, -0.25) is 0 Å². The fourth-order valence-electron chi connectivity index (χ4n) is 3.21. The molecule has 1 N–H and O–H groups in total. The third-order valence-electron chi connectivity index (χ3n) is 4.21. The normalized spacial score (nSPS) is 23.7. The van der Waals surface area contributed by atoms with Crippen LogP contribution in [-0.2, 0) is 0 Å². The van der Waals surface area contributed by atoms with Gasteiger partial charge in [0, 0.05) is 11.1 Å². The van der Waals surface area contributed by atoms with Crippen LogP contribution in [0.5, 0.6) is 0 Å². The Kier molecular flexibility index (Phi) is 5.15. The molecule has 0 saturated heterocycles. The Bertz CT molecular complexity index is 456. The molecule has 0 spiro atoms. The summed E-state index contributed by atoms with van der Waals surface area (Å²) in [4.78, 5) is 0. The molecule has 4 heteroatoms. The Morgan fingerprint density at radius 1 is 1.00 bits per heavy atom. The van der Waals surface area contributed by atoms with Gasteiger partial charge in [-0.15, -0.1) is 0 Å². The fourth-order valence-corrected chi connectivity index (χ4v) is 4.13. The molecular formula is C16H22Cl3N. The minimum Gasteiger partial charge on any atom is -0.380 e. The molecule has 1 aromatic rings. The Balaban J connectivity index is 2.23.